The first-order chi connectivity index (χ1) is 15.4. The maximum absolute atomic E-state index is 13.5. The zero-order valence-corrected chi connectivity index (χ0v) is 18.9. The average molecular weight is 437 g/mol. The van der Waals surface area contributed by atoms with Crippen LogP contribution in [-0.2, 0) is 4.74 Å². The van der Waals surface area contributed by atoms with Gasteiger partial charge in [-0.25, -0.2) is 9.37 Å². The Morgan fingerprint density at radius 1 is 1.22 bits per heavy atom. The van der Waals surface area contributed by atoms with E-state index in [1.54, 1.807) is 6.07 Å². The number of aromatic amines is 2. The standard InChI is InChI=1S/C24H29FN6O/c1-14(2)30(4)11-18-12-31(15(3)13-32-18)17-6-8-20-22(10-17)27-24(26-20)23-19-7-5-16(25)9-21(19)28-29-23/h5-10,14-15,18H,11-13H2,1-4H3,(H,26,27)(H,28,29)/t15-,18+/m1/s1. The van der Waals surface area contributed by atoms with Gasteiger partial charge in [0.2, 0.25) is 0 Å². The van der Waals surface area contributed by atoms with Gasteiger partial charge in [0.1, 0.15) is 11.5 Å². The van der Waals surface area contributed by atoms with Crippen molar-refractivity contribution in [2.24, 2.45) is 0 Å². The molecule has 1 saturated heterocycles. The number of rotatable bonds is 5. The fourth-order valence-corrected chi connectivity index (χ4v) is 4.28. The van der Waals surface area contributed by atoms with E-state index in [0.29, 0.717) is 35.7 Å². The lowest BCUT2D eigenvalue weighted by molar-refractivity contribution is 0.000769. The van der Waals surface area contributed by atoms with Crippen molar-refractivity contribution in [3.05, 3.63) is 42.2 Å². The maximum atomic E-state index is 13.5. The van der Waals surface area contributed by atoms with Crippen LogP contribution in [-0.4, -0.2) is 70.0 Å². The first kappa shape index (κ1) is 20.9. The summed E-state index contributed by atoms with van der Waals surface area (Å²) in [6, 6.07) is 11.7. The minimum absolute atomic E-state index is 0.169. The molecule has 32 heavy (non-hydrogen) atoms. The molecule has 1 aliphatic rings. The third-order valence-corrected chi connectivity index (χ3v) is 6.42. The minimum Gasteiger partial charge on any atom is -0.373 e. The zero-order valence-electron chi connectivity index (χ0n) is 18.9. The molecule has 8 heteroatoms. The van der Waals surface area contributed by atoms with Gasteiger partial charge < -0.3 is 19.5 Å². The van der Waals surface area contributed by atoms with E-state index >= 15 is 0 Å². The van der Waals surface area contributed by atoms with Crippen molar-refractivity contribution in [3.8, 4) is 11.5 Å². The molecule has 0 radical (unpaired) electrons. The fourth-order valence-electron chi connectivity index (χ4n) is 4.28. The second-order valence-corrected chi connectivity index (χ2v) is 9.04. The molecule has 0 unspecified atom stereocenters. The lowest BCUT2D eigenvalue weighted by Gasteiger charge is -2.41. The number of H-pyrrole nitrogens is 2. The highest BCUT2D eigenvalue weighted by molar-refractivity contribution is 5.93. The molecule has 168 valence electrons. The first-order valence-electron chi connectivity index (χ1n) is 11.1. The molecule has 7 nitrogen and oxygen atoms in total. The predicted octanol–water partition coefficient (Wildman–Crippen LogP) is 4.18. The largest absolute Gasteiger partial charge is 0.373 e. The second-order valence-electron chi connectivity index (χ2n) is 9.04. The third-order valence-electron chi connectivity index (χ3n) is 6.42. The average Bonchev–Trinajstić information content (AvgIpc) is 3.37. The van der Waals surface area contributed by atoms with E-state index in [-0.39, 0.29) is 11.9 Å². The summed E-state index contributed by atoms with van der Waals surface area (Å²) in [6.45, 7) is 9.06. The van der Waals surface area contributed by atoms with Gasteiger partial charge in [-0.05, 0) is 64.2 Å². The number of benzene rings is 2. The van der Waals surface area contributed by atoms with Gasteiger partial charge in [-0.1, -0.05) is 0 Å². The van der Waals surface area contributed by atoms with Crippen LogP contribution in [0, 0.1) is 5.82 Å². The summed E-state index contributed by atoms with van der Waals surface area (Å²) in [5.74, 6) is 0.376. The molecule has 0 bridgehead atoms. The summed E-state index contributed by atoms with van der Waals surface area (Å²) in [5.41, 5.74) is 4.31. The van der Waals surface area contributed by atoms with Crippen LogP contribution in [0.5, 0.6) is 0 Å². The number of fused-ring (bicyclic) bond motifs is 2. The number of hydrogen-bond acceptors (Lipinski definition) is 5. The third kappa shape index (κ3) is 3.84. The Morgan fingerprint density at radius 3 is 2.88 bits per heavy atom. The van der Waals surface area contributed by atoms with Gasteiger partial charge in [0.25, 0.3) is 0 Å². The Morgan fingerprint density at radius 2 is 2.06 bits per heavy atom. The Labute approximate surface area is 186 Å². The van der Waals surface area contributed by atoms with Crippen LogP contribution in [0.3, 0.4) is 0 Å². The summed E-state index contributed by atoms with van der Waals surface area (Å²) in [6.07, 6.45) is 0.169. The molecular weight excluding hydrogens is 407 g/mol. The number of halogens is 1. The quantitative estimate of drug-likeness (QED) is 0.491. The van der Waals surface area contributed by atoms with Crippen LogP contribution in [0.25, 0.3) is 33.5 Å². The van der Waals surface area contributed by atoms with E-state index in [4.69, 9.17) is 9.72 Å². The maximum Gasteiger partial charge on any atom is 0.159 e. The van der Waals surface area contributed by atoms with E-state index in [1.807, 2.05) is 6.07 Å². The van der Waals surface area contributed by atoms with Crippen LogP contribution in [0.1, 0.15) is 20.8 Å². The van der Waals surface area contributed by atoms with E-state index in [9.17, 15) is 4.39 Å². The van der Waals surface area contributed by atoms with Crippen LogP contribution < -0.4 is 4.90 Å². The number of ether oxygens (including phenoxy) is 1. The predicted molar refractivity (Wildman–Crippen MR) is 125 cm³/mol. The van der Waals surface area contributed by atoms with Crippen molar-refractivity contribution in [3.63, 3.8) is 0 Å². The summed E-state index contributed by atoms with van der Waals surface area (Å²) < 4.78 is 19.6. The second kappa shape index (κ2) is 8.18. The topological polar surface area (TPSA) is 73.1 Å². The zero-order chi connectivity index (χ0) is 22.4. The highest BCUT2D eigenvalue weighted by Gasteiger charge is 2.28. The number of likely N-dealkylation sites (N-methyl/N-ethyl adjacent to an activating group) is 1. The lowest BCUT2D eigenvalue weighted by atomic mass is 10.1. The number of nitrogens with one attached hydrogen (secondary N) is 2. The molecule has 0 spiro atoms. The van der Waals surface area contributed by atoms with E-state index in [0.717, 1.165) is 35.2 Å². The van der Waals surface area contributed by atoms with E-state index in [2.05, 4.69) is 64.9 Å². The van der Waals surface area contributed by atoms with E-state index in [1.165, 1.54) is 12.1 Å². The molecule has 0 amide bonds. The summed E-state index contributed by atoms with van der Waals surface area (Å²) in [4.78, 5) is 12.9. The highest BCUT2D eigenvalue weighted by Crippen LogP contribution is 2.30. The summed E-state index contributed by atoms with van der Waals surface area (Å²) in [5, 5.41) is 8.09. The van der Waals surface area contributed by atoms with Gasteiger partial charge in [0.15, 0.2) is 5.82 Å². The number of aromatic nitrogens is 4. The van der Waals surface area contributed by atoms with Crippen molar-refractivity contribution in [1.82, 2.24) is 25.1 Å². The van der Waals surface area contributed by atoms with Crippen LogP contribution in [0.2, 0.25) is 0 Å². The molecule has 0 saturated carbocycles. The molecule has 2 atom stereocenters. The highest BCUT2D eigenvalue weighted by atomic mass is 19.1. The van der Waals surface area contributed by atoms with Gasteiger partial charge in [0, 0.05) is 36.2 Å². The Bertz CT molecular complexity index is 1250. The smallest absolute Gasteiger partial charge is 0.159 e. The van der Waals surface area contributed by atoms with Gasteiger partial charge in [-0.3, -0.25) is 5.10 Å². The number of anilines is 1. The fraction of sp³-hybridized carbons (Fsp3) is 0.417. The van der Waals surface area contributed by atoms with Gasteiger partial charge in [0.05, 0.1) is 29.3 Å². The molecule has 2 N–H and O–H groups in total. The minimum atomic E-state index is -0.292. The van der Waals surface area contributed by atoms with Gasteiger partial charge >= 0.3 is 0 Å². The molecule has 4 aromatic rings. The SMILES string of the molecule is CC(C)N(C)C[C@H]1CN(c2ccc3nc(-c4n[nH]c5cc(F)ccc45)[nH]c3c2)[C@H](C)CO1. The Hall–Kier alpha value is -2.97. The van der Waals surface area contributed by atoms with Crippen molar-refractivity contribution >= 4 is 27.6 Å². The number of morpholine rings is 1. The summed E-state index contributed by atoms with van der Waals surface area (Å²) in [7, 11) is 2.14. The molecule has 1 aliphatic heterocycles. The molecule has 2 aromatic heterocycles. The Balaban J connectivity index is 1.43. The molecule has 1 fully saturated rings. The van der Waals surface area contributed by atoms with Gasteiger partial charge in [-0.2, -0.15) is 5.10 Å². The lowest BCUT2D eigenvalue weighted by Crippen LogP contribution is -2.52. The van der Waals surface area contributed by atoms with Crippen molar-refractivity contribution < 1.29 is 9.13 Å². The van der Waals surface area contributed by atoms with E-state index < -0.39 is 0 Å². The van der Waals surface area contributed by atoms with Crippen molar-refractivity contribution in [1.29, 1.82) is 0 Å². The molecule has 0 aliphatic carbocycles. The van der Waals surface area contributed by atoms with Crippen molar-refractivity contribution in [2.75, 3.05) is 31.6 Å². The monoisotopic (exact) mass is 436 g/mol. The van der Waals surface area contributed by atoms with Crippen molar-refractivity contribution in [2.45, 2.75) is 39.0 Å². The Kier molecular flexibility index (Phi) is 5.35. The molecule has 2 aromatic carbocycles. The number of nitrogens with zero attached hydrogens (tertiary/aromatic N) is 4. The molecular formula is C24H29FN6O. The number of imidazole rings is 1. The van der Waals surface area contributed by atoms with Crippen LogP contribution >= 0.6 is 0 Å². The first-order valence-corrected chi connectivity index (χ1v) is 11.1. The molecule has 3 heterocycles. The normalized spacial score (nSPS) is 19.7. The summed E-state index contributed by atoms with van der Waals surface area (Å²) >= 11 is 0. The van der Waals surface area contributed by atoms with Crippen LogP contribution in [0.15, 0.2) is 36.4 Å². The number of hydrogen-bond donors (Lipinski definition) is 2. The van der Waals surface area contributed by atoms with Gasteiger partial charge in [-0.15, -0.1) is 0 Å². The molecule has 5 rings (SSSR count). The van der Waals surface area contributed by atoms with Crippen LogP contribution in [0.4, 0.5) is 10.1 Å².